The van der Waals surface area contributed by atoms with Gasteiger partial charge in [-0.3, -0.25) is 0 Å². The summed E-state index contributed by atoms with van der Waals surface area (Å²) < 4.78 is 2.40. The Morgan fingerprint density at radius 2 is 1.47 bits per heavy atom. The standard InChI is InChI=1S/C15H22N2/c1-7-17-12(6)10(4)13-11(5)14(16)8(2)9(3)15(13)17/h7,16H2,1-6H3. The maximum absolute atomic E-state index is 6.21. The Morgan fingerprint density at radius 1 is 0.882 bits per heavy atom. The molecule has 2 heteroatoms. The zero-order chi connectivity index (χ0) is 12.9. The van der Waals surface area contributed by atoms with Gasteiger partial charge in [0.15, 0.2) is 0 Å². The van der Waals surface area contributed by atoms with Crippen LogP contribution in [0.25, 0.3) is 10.9 Å². The molecule has 92 valence electrons. The molecule has 0 saturated carbocycles. The van der Waals surface area contributed by atoms with Crippen LogP contribution in [0.2, 0.25) is 0 Å². The van der Waals surface area contributed by atoms with Crippen molar-refractivity contribution in [1.29, 1.82) is 0 Å². The summed E-state index contributed by atoms with van der Waals surface area (Å²) in [6.07, 6.45) is 0. The summed E-state index contributed by atoms with van der Waals surface area (Å²) >= 11 is 0. The van der Waals surface area contributed by atoms with Crippen LogP contribution in [-0.4, -0.2) is 4.57 Å². The van der Waals surface area contributed by atoms with Crippen molar-refractivity contribution in [1.82, 2.24) is 4.57 Å². The third-order valence-corrected chi connectivity index (χ3v) is 4.25. The summed E-state index contributed by atoms with van der Waals surface area (Å²) in [7, 11) is 0. The minimum Gasteiger partial charge on any atom is -0.398 e. The molecule has 0 aliphatic heterocycles. The number of aromatic nitrogens is 1. The highest BCUT2D eigenvalue weighted by atomic mass is 15.0. The molecule has 1 aromatic heterocycles. The van der Waals surface area contributed by atoms with E-state index < -0.39 is 0 Å². The third kappa shape index (κ3) is 1.40. The van der Waals surface area contributed by atoms with Crippen LogP contribution in [0.3, 0.4) is 0 Å². The van der Waals surface area contributed by atoms with Crippen LogP contribution in [-0.2, 0) is 6.54 Å². The predicted octanol–water partition coefficient (Wildman–Crippen LogP) is 3.79. The van der Waals surface area contributed by atoms with Crippen LogP contribution >= 0.6 is 0 Å². The molecule has 0 bridgehead atoms. The molecule has 2 aromatic rings. The summed E-state index contributed by atoms with van der Waals surface area (Å²) in [5.74, 6) is 0. The molecule has 2 rings (SSSR count). The summed E-state index contributed by atoms with van der Waals surface area (Å²) in [5.41, 5.74) is 15.0. The number of fused-ring (bicyclic) bond motifs is 1. The molecule has 0 radical (unpaired) electrons. The van der Waals surface area contributed by atoms with Gasteiger partial charge in [0, 0.05) is 23.3 Å². The lowest BCUT2D eigenvalue weighted by molar-refractivity contribution is 0.764. The minimum atomic E-state index is 0.950. The highest BCUT2D eigenvalue weighted by Gasteiger charge is 2.17. The Hall–Kier alpha value is -1.44. The topological polar surface area (TPSA) is 30.9 Å². The molecule has 0 aliphatic carbocycles. The highest BCUT2D eigenvalue weighted by molar-refractivity contribution is 5.95. The fourth-order valence-electron chi connectivity index (χ4n) is 2.90. The number of hydrogen-bond donors (Lipinski definition) is 1. The lowest BCUT2D eigenvalue weighted by Gasteiger charge is -2.13. The van der Waals surface area contributed by atoms with Crippen molar-refractivity contribution >= 4 is 16.6 Å². The number of rotatable bonds is 1. The van der Waals surface area contributed by atoms with Gasteiger partial charge in [0.2, 0.25) is 0 Å². The molecule has 0 saturated heterocycles. The Bertz CT molecular complexity index is 604. The van der Waals surface area contributed by atoms with Gasteiger partial charge in [0.25, 0.3) is 0 Å². The van der Waals surface area contributed by atoms with Crippen molar-refractivity contribution in [3.05, 3.63) is 27.9 Å². The van der Waals surface area contributed by atoms with Gasteiger partial charge >= 0.3 is 0 Å². The second kappa shape index (κ2) is 3.80. The van der Waals surface area contributed by atoms with Crippen molar-refractivity contribution in [2.75, 3.05) is 5.73 Å². The summed E-state index contributed by atoms with van der Waals surface area (Å²) in [6.45, 7) is 14.0. The van der Waals surface area contributed by atoms with Crippen molar-refractivity contribution in [2.45, 2.75) is 48.1 Å². The zero-order valence-electron chi connectivity index (χ0n) is 11.7. The first kappa shape index (κ1) is 12.0. The van der Waals surface area contributed by atoms with E-state index in [1.807, 2.05) is 0 Å². The smallest absolute Gasteiger partial charge is 0.0521 e. The van der Waals surface area contributed by atoms with E-state index in [1.54, 1.807) is 0 Å². The minimum absolute atomic E-state index is 0.950. The summed E-state index contributed by atoms with van der Waals surface area (Å²) in [4.78, 5) is 0. The lowest BCUT2D eigenvalue weighted by Crippen LogP contribution is -2.02. The lowest BCUT2D eigenvalue weighted by atomic mass is 9.97. The summed E-state index contributed by atoms with van der Waals surface area (Å²) in [6, 6.07) is 0. The van der Waals surface area contributed by atoms with E-state index in [9.17, 15) is 0 Å². The van der Waals surface area contributed by atoms with Gasteiger partial charge in [-0.15, -0.1) is 0 Å². The van der Waals surface area contributed by atoms with Gasteiger partial charge in [-0.2, -0.15) is 0 Å². The number of nitrogen functional groups attached to an aromatic ring is 1. The van der Waals surface area contributed by atoms with Crippen LogP contribution in [0.1, 0.15) is 34.9 Å². The van der Waals surface area contributed by atoms with E-state index in [0.717, 1.165) is 12.2 Å². The average Bonchev–Trinajstić information content (AvgIpc) is 2.57. The van der Waals surface area contributed by atoms with Crippen LogP contribution < -0.4 is 5.73 Å². The highest BCUT2D eigenvalue weighted by Crippen LogP contribution is 2.36. The maximum Gasteiger partial charge on any atom is 0.0521 e. The Morgan fingerprint density at radius 3 is 2.00 bits per heavy atom. The van der Waals surface area contributed by atoms with Gasteiger partial charge in [0.05, 0.1) is 5.52 Å². The van der Waals surface area contributed by atoms with E-state index >= 15 is 0 Å². The van der Waals surface area contributed by atoms with E-state index in [4.69, 9.17) is 5.73 Å². The predicted molar refractivity (Wildman–Crippen MR) is 75.7 cm³/mol. The van der Waals surface area contributed by atoms with Gasteiger partial charge in [-0.05, 0) is 63.8 Å². The van der Waals surface area contributed by atoms with Crippen molar-refractivity contribution in [3.63, 3.8) is 0 Å². The largest absolute Gasteiger partial charge is 0.398 e. The van der Waals surface area contributed by atoms with Crippen LogP contribution in [0.4, 0.5) is 5.69 Å². The Kier molecular flexibility index (Phi) is 2.69. The number of nitrogens with two attached hydrogens (primary N) is 1. The van der Waals surface area contributed by atoms with Crippen molar-refractivity contribution < 1.29 is 0 Å². The van der Waals surface area contributed by atoms with Crippen LogP contribution in [0.5, 0.6) is 0 Å². The molecule has 2 nitrogen and oxygen atoms in total. The Balaban J connectivity index is 3.11. The number of hydrogen-bond acceptors (Lipinski definition) is 1. The fourth-order valence-corrected chi connectivity index (χ4v) is 2.90. The quantitative estimate of drug-likeness (QED) is 0.742. The number of aryl methyl sites for hydroxylation is 4. The molecular formula is C15H22N2. The first-order valence-electron chi connectivity index (χ1n) is 6.26. The number of nitrogens with zero attached hydrogens (tertiary/aromatic N) is 1. The SMILES string of the molecule is CCn1c(C)c(C)c2c(C)c(N)c(C)c(C)c21. The van der Waals surface area contributed by atoms with Gasteiger partial charge in [-0.1, -0.05) is 0 Å². The van der Waals surface area contributed by atoms with Crippen molar-refractivity contribution in [3.8, 4) is 0 Å². The maximum atomic E-state index is 6.21. The van der Waals surface area contributed by atoms with E-state index in [2.05, 4.69) is 46.1 Å². The molecule has 0 atom stereocenters. The molecule has 2 N–H and O–H groups in total. The summed E-state index contributed by atoms with van der Waals surface area (Å²) in [5, 5.41) is 1.35. The monoisotopic (exact) mass is 230 g/mol. The van der Waals surface area contributed by atoms with Crippen LogP contribution in [0.15, 0.2) is 0 Å². The molecule has 0 amide bonds. The molecule has 1 heterocycles. The zero-order valence-corrected chi connectivity index (χ0v) is 11.7. The molecule has 0 aliphatic rings. The molecular weight excluding hydrogens is 208 g/mol. The molecule has 17 heavy (non-hydrogen) atoms. The molecule has 0 fully saturated rings. The first-order chi connectivity index (χ1) is 7.91. The second-order valence-corrected chi connectivity index (χ2v) is 4.97. The first-order valence-corrected chi connectivity index (χ1v) is 6.26. The number of benzene rings is 1. The normalized spacial score (nSPS) is 11.4. The Labute approximate surface area is 103 Å². The fraction of sp³-hybridized carbons (Fsp3) is 0.467. The second-order valence-electron chi connectivity index (χ2n) is 4.97. The van der Waals surface area contributed by atoms with Crippen LogP contribution in [0, 0.1) is 34.6 Å². The number of anilines is 1. The van der Waals surface area contributed by atoms with E-state index in [-0.39, 0.29) is 0 Å². The third-order valence-electron chi connectivity index (χ3n) is 4.25. The van der Waals surface area contributed by atoms with Crippen molar-refractivity contribution in [2.24, 2.45) is 0 Å². The molecule has 0 unspecified atom stereocenters. The van der Waals surface area contributed by atoms with E-state index in [0.29, 0.717) is 0 Å². The van der Waals surface area contributed by atoms with Gasteiger partial charge in [-0.25, -0.2) is 0 Å². The van der Waals surface area contributed by atoms with E-state index in [1.165, 1.54) is 38.9 Å². The van der Waals surface area contributed by atoms with Gasteiger partial charge < -0.3 is 10.3 Å². The molecule has 1 aromatic carbocycles. The molecule has 0 spiro atoms. The van der Waals surface area contributed by atoms with Gasteiger partial charge in [0.1, 0.15) is 0 Å². The average molecular weight is 230 g/mol.